The van der Waals surface area contributed by atoms with Crippen LogP contribution >= 0.6 is 24.0 Å². The van der Waals surface area contributed by atoms with Gasteiger partial charge in [0.15, 0.2) is 0 Å². The molecule has 0 unspecified atom stereocenters. The van der Waals surface area contributed by atoms with Crippen molar-refractivity contribution in [3.63, 3.8) is 0 Å². The van der Waals surface area contributed by atoms with Gasteiger partial charge < -0.3 is 15.8 Å². The van der Waals surface area contributed by atoms with Gasteiger partial charge in [-0.25, -0.2) is 0 Å². The molecule has 2 aromatic rings. The van der Waals surface area contributed by atoms with Crippen molar-refractivity contribution in [2.24, 2.45) is 5.73 Å². The number of anilines is 2. The first-order valence-corrected chi connectivity index (χ1v) is 7.67. The maximum atomic E-state index is 5.78. The Balaban J connectivity index is 2.43. The highest BCUT2D eigenvalue weighted by Gasteiger charge is 2.09. The fourth-order valence-electron chi connectivity index (χ4n) is 1.86. The quantitative estimate of drug-likeness (QED) is 0.650. The van der Waals surface area contributed by atoms with E-state index in [1.165, 1.54) is 0 Å². The van der Waals surface area contributed by atoms with Gasteiger partial charge in [0.25, 0.3) is 0 Å². The van der Waals surface area contributed by atoms with Gasteiger partial charge in [0.2, 0.25) is 0 Å². The SMILES string of the molecule is COc1ccc(C(N)=S)c(Nc2ccccc2SC)c1. The monoisotopic (exact) mass is 304 g/mol. The average Bonchev–Trinajstić information content (AvgIpc) is 2.47. The summed E-state index contributed by atoms with van der Waals surface area (Å²) in [5.41, 5.74) is 8.44. The molecule has 0 aliphatic carbocycles. The topological polar surface area (TPSA) is 47.3 Å². The Morgan fingerprint density at radius 2 is 1.95 bits per heavy atom. The van der Waals surface area contributed by atoms with Gasteiger partial charge in [-0.2, -0.15) is 0 Å². The highest BCUT2D eigenvalue weighted by atomic mass is 32.2. The molecule has 0 atom stereocenters. The predicted octanol–water partition coefficient (Wildman–Crippen LogP) is 3.79. The van der Waals surface area contributed by atoms with Crippen molar-refractivity contribution >= 4 is 40.3 Å². The second-order valence-corrected chi connectivity index (χ2v) is 5.39. The van der Waals surface area contributed by atoms with E-state index in [4.69, 9.17) is 22.7 Å². The predicted molar refractivity (Wildman–Crippen MR) is 90.4 cm³/mol. The highest BCUT2D eigenvalue weighted by Crippen LogP contribution is 2.31. The fraction of sp³-hybridized carbons (Fsp3) is 0.133. The summed E-state index contributed by atoms with van der Waals surface area (Å²) in [7, 11) is 1.63. The Hall–Kier alpha value is -1.72. The second-order valence-electron chi connectivity index (χ2n) is 4.10. The number of nitrogens with two attached hydrogens (primary N) is 1. The highest BCUT2D eigenvalue weighted by molar-refractivity contribution is 7.98. The van der Waals surface area contributed by atoms with Crippen LogP contribution in [0, 0.1) is 0 Å². The number of hydrogen-bond acceptors (Lipinski definition) is 4. The van der Waals surface area contributed by atoms with Crippen LogP contribution in [0.5, 0.6) is 5.75 Å². The van der Waals surface area contributed by atoms with Gasteiger partial charge in [-0.1, -0.05) is 24.4 Å². The van der Waals surface area contributed by atoms with E-state index in [2.05, 4.69) is 11.4 Å². The number of benzene rings is 2. The van der Waals surface area contributed by atoms with Gasteiger partial charge in [-0.05, 0) is 30.5 Å². The van der Waals surface area contributed by atoms with E-state index in [0.717, 1.165) is 27.6 Å². The number of methoxy groups -OCH3 is 1. The number of ether oxygens (including phenoxy) is 1. The van der Waals surface area contributed by atoms with E-state index < -0.39 is 0 Å². The zero-order chi connectivity index (χ0) is 14.5. The van der Waals surface area contributed by atoms with Gasteiger partial charge in [0.1, 0.15) is 10.7 Å². The molecular weight excluding hydrogens is 288 g/mol. The molecule has 5 heteroatoms. The molecule has 0 heterocycles. The molecule has 0 saturated carbocycles. The van der Waals surface area contributed by atoms with Crippen LogP contribution in [0.2, 0.25) is 0 Å². The van der Waals surface area contributed by atoms with E-state index in [1.54, 1.807) is 18.9 Å². The summed E-state index contributed by atoms with van der Waals surface area (Å²) < 4.78 is 5.25. The number of rotatable bonds is 5. The van der Waals surface area contributed by atoms with Crippen LogP contribution in [-0.2, 0) is 0 Å². The van der Waals surface area contributed by atoms with Crippen molar-refractivity contribution in [1.29, 1.82) is 0 Å². The lowest BCUT2D eigenvalue weighted by Gasteiger charge is -2.15. The number of nitrogens with one attached hydrogen (secondary N) is 1. The number of thiocarbonyl (C=S) groups is 1. The third-order valence-corrected chi connectivity index (χ3v) is 3.88. The maximum absolute atomic E-state index is 5.78. The first-order chi connectivity index (χ1) is 9.65. The minimum atomic E-state index is 0.358. The summed E-state index contributed by atoms with van der Waals surface area (Å²) in [6, 6.07) is 13.7. The summed E-state index contributed by atoms with van der Waals surface area (Å²) in [6.07, 6.45) is 2.04. The Morgan fingerprint density at radius 3 is 2.60 bits per heavy atom. The van der Waals surface area contributed by atoms with Crippen LogP contribution in [0.25, 0.3) is 0 Å². The molecule has 104 valence electrons. The first kappa shape index (κ1) is 14.7. The molecule has 0 bridgehead atoms. The molecule has 0 amide bonds. The van der Waals surface area contributed by atoms with E-state index in [9.17, 15) is 0 Å². The van der Waals surface area contributed by atoms with Gasteiger partial charge in [-0.3, -0.25) is 0 Å². The normalized spacial score (nSPS) is 10.1. The molecule has 0 spiro atoms. The summed E-state index contributed by atoms with van der Waals surface area (Å²) in [4.78, 5) is 1.51. The zero-order valence-corrected chi connectivity index (χ0v) is 13.0. The molecule has 0 aliphatic heterocycles. The first-order valence-electron chi connectivity index (χ1n) is 6.03. The number of thioether (sulfide) groups is 1. The summed E-state index contributed by atoms with van der Waals surface area (Å²) in [5.74, 6) is 0.758. The molecule has 3 nitrogen and oxygen atoms in total. The van der Waals surface area contributed by atoms with Gasteiger partial charge in [-0.15, -0.1) is 11.8 Å². The molecule has 2 rings (SSSR count). The molecule has 0 fully saturated rings. The Labute approximate surface area is 128 Å². The van der Waals surface area contributed by atoms with Crippen LogP contribution in [-0.4, -0.2) is 18.4 Å². The van der Waals surface area contributed by atoms with Crippen LogP contribution in [0.1, 0.15) is 5.56 Å². The summed E-state index contributed by atoms with van der Waals surface area (Å²) in [6.45, 7) is 0. The Morgan fingerprint density at radius 1 is 1.20 bits per heavy atom. The standard InChI is InChI=1S/C15H16N2OS2/c1-18-10-7-8-11(15(16)19)13(9-10)17-12-5-3-4-6-14(12)20-2/h3-9,17H,1-2H3,(H2,16,19). The van der Waals surface area contributed by atoms with E-state index in [0.29, 0.717) is 4.99 Å². The van der Waals surface area contributed by atoms with E-state index in [1.807, 2.05) is 42.7 Å². The fourth-order valence-corrected chi connectivity index (χ4v) is 2.59. The summed E-state index contributed by atoms with van der Waals surface area (Å²) in [5, 5.41) is 3.38. The Bertz CT molecular complexity index is 629. The van der Waals surface area contributed by atoms with Crippen molar-refractivity contribution in [3.05, 3.63) is 48.0 Å². The van der Waals surface area contributed by atoms with Crippen LogP contribution in [0.15, 0.2) is 47.4 Å². The third kappa shape index (κ3) is 3.23. The zero-order valence-electron chi connectivity index (χ0n) is 11.3. The van der Waals surface area contributed by atoms with E-state index >= 15 is 0 Å². The van der Waals surface area contributed by atoms with Crippen molar-refractivity contribution in [1.82, 2.24) is 0 Å². The van der Waals surface area contributed by atoms with Gasteiger partial charge in [0, 0.05) is 16.5 Å². The van der Waals surface area contributed by atoms with Gasteiger partial charge >= 0.3 is 0 Å². The largest absolute Gasteiger partial charge is 0.497 e. The molecule has 0 saturated heterocycles. The Kier molecular flexibility index (Phi) is 4.87. The molecule has 3 N–H and O–H groups in total. The average molecular weight is 304 g/mol. The molecule has 20 heavy (non-hydrogen) atoms. The van der Waals surface area contributed by atoms with Crippen LogP contribution in [0.3, 0.4) is 0 Å². The van der Waals surface area contributed by atoms with Crippen molar-refractivity contribution in [3.8, 4) is 5.75 Å². The summed E-state index contributed by atoms with van der Waals surface area (Å²) >= 11 is 6.78. The molecular formula is C15H16N2OS2. The molecule has 0 aromatic heterocycles. The van der Waals surface area contributed by atoms with Crippen molar-refractivity contribution in [2.45, 2.75) is 4.90 Å². The molecule has 0 radical (unpaired) electrons. The maximum Gasteiger partial charge on any atom is 0.120 e. The van der Waals surface area contributed by atoms with Crippen LogP contribution in [0.4, 0.5) is 11.4 Å². The van der Waals surface area contributed by atoms with Crippen molar-refractivity contribution < 1.29 is 4.74 Å². The smallest absolute Gasteiger partial charge is 0.120 e. The third-order valence-electron chi connectivity index (χ3n) is 2.87. The molecule has 2 aromatic carbocycles. The minimum Gasteiger partial charge on any atom is -0.497 e. The van der Waals surface area contributed by atoms with Crippen molar-refractivity contribution in [2.75, 3.05) is 18.7 Å². The lowest BCUT2D eigenvalue weighted by Crippen LogP contribution is -2.12. The number of hydrogen-bond donors (Lipinski definition) is 2. The van der Waals surface area contributed by atoms with Crippen LogP contribution < -0.4 is 15.8 Å². The van der Waals surface area contributed by atoms with Gasteiger partial charge in [0.05, 0.1) is 18.5 Å². The molecule has 0 aliphatic rings. The number of para-hydroxylation sites is 1. The minimum absolute atomic E-state index is 0.358. The lowest BCUT2D eigenvalue weighted by atomic mass is 10.1. The second kappa shape index (κ2) is 6.63. The van der Waals surface area contributed by atoms with E-state index in [-0.39, 0.29) is 0 Å². The lowest BCUT2D eigenvalue weighted by molar-refractivity contribution is 0.415.